The lowest BCUT2D eigenvalue weighted by Gasteiger charge is -2.29. The van der Waals surface area contributed by atoms with E-state index in [0.29, 0.717) is 42.7 Å². The largest absolute Gasteiger partial charge is 0.465 e. The monoisotopic (exact) mass is 544 g/mol. The van der Waals surface area contributed by atoms with E-state index in [2.05, 4.69) is 20.0 Å². The third-order valence-corrected chi connectivity index (χ3v) is 8.92. The second kappa shape index (κ2) is 12.8. The van der Waals surface area contributed by atoms with Crippen LogP contribution in [-0.4, -0.2) is 50.7 Å². The van der Waals surface area contributed by atoms with E-state index in [1.54, 1.807) is 6.33 Å². The highest BCUT2D eigenvalue weighted by Crippen LogP contribution is 2.47. The number of imidazole rings is 1. The van der Waals surface area contributed by atoms with Gasteiger partial charge in [-0.3, -0.25) is 9.88 Å². The second-order valence-corrected chi connectivity index (χ2v) is 13.3. The molecule has 0 aliphatic carbocycles. The van der Waals surface area contributed by atoms with Crippen molar-refractivity contribution in [2.45, 2.75) is 73.1 Å². The number of aryl methyl sites for hydroxylation is 1. The molecule has 3 aromatic rings. The van der Waals surface area contributed by atoms with Gasteiger partial charge < -0.3 is 24.3 Å². The van der Waals surface area contributed by atoms with Crippen LogP contribution < -0.4 is 10.8 Å². The molecule has 3 atom stereocenters. The molecule has 0 bridgehead atoms. The van der Waals surface area contributed by atoms with Crippen LogP contribution in [0.3, 0.4) is 0 Å². The number of esters is 1. The Kier molecular flexibility index (Phi) is 10.0. The zero-order valence-electron chi connectivity index (χ0n) is 23.3. The lowest BCUT2D eigenvalue weighted by Crippen LogP contribution is -2.30. The molecule has 0 spiro atoms. The summed E-state index contributed by atoms with van der Waals surface area (Å²) in [4.78, 5) is 25.2. The SMILES string of the molecule is CCCOC(=O)C(C)(C)CCP(=O)(CO[C@H](C)Cn1cnc2c(N)ncnc21)N[C@@H](C)c1ccc(C)cc1. The van der Waals surface area contributed by atoms with Crippen molar-refractivity contribution in [1.82, 2.24) is 24.6 Å². The summed E-state index contributed by atoms with van der Waals surface area (Å²) in [6.07, 6.45) is 4.25. The first-order valence-electron chi connectivity index (χ1n) is 13.1. The van der Waals surface area contributed by atoms with Crippen LogP contribution in [0.15, 0.2) is 36.9 Å². The van der Waals surface area contributed by atoms with Crippen LogP contribution in [0.2, 0.25) is 0 Å². The fraction of sp³-hybridized carbons (Fsp3) is 0.556. The van der Waals surface area contributed by atoms with Crippen LogP contribution in [0.1, 0.15) is 64.6 Å². The smallest absolute Gasteiger partial charge is 0.311 e. The number of carbonyl (C=O) groups is 1. The molecule has 0 fully saturated rings. The van der Waals surface area contributed by atoms with Crippen molar-refractivity contribution in [3.8, 4) is 0 Å². The molecule has 0 aliphatic heterocycles. The van der Waals surface area contributed by atoms with Gasteiger partial charge in [-0.2, -0.15) is 0 Å². The fourth-order valence-electron chi connectivity index (χ4n) is 4.01. The number of nitrogen functional groups attached to an aromatic ring is 1. The summed E-state index contributed by atoms with van der Waals surface area (Å²) in [5.74, 6) is 0.0428. The van der Waals surface area contributed by atoms with Crippen molar-refractivity contribution in [2.24, 2.45) is 5.41 Å². The van der Waals surface area contributed by atoms with E-state index in [4.69, 9.17) is 15.2 Å². The van der Waals surface area contributed by atoms with Gasteiger partial charge in [0.1, 0.15) is 18.2 Å². The number of anilines is 1. The topological polar surface area (TPSA) is 134 Å². The van der Waals surface area contributed by atoms with Crippen molar-refractivity contribution in [1.29, 1.82) is 0 Å². The number of benzene rings is 1. The van der Waals surface area contributed by atoms with Gasteiger partial charge in [0.05, 0.1) is 31.0 Å². The number of fused-ring (bicyclic) bond motifs is 1. The maximum atomic E-state index is 14.3. The Morgan fingerprint density at radius 3 is 2.58 bits per heavy atom. The van der Waals surface area contributed by atoms with Gasteiger partial charge in [-0.05, 0) is 53.0 Å². The highest BCUT2D eigenvalue weighted by atomic mass is 31.2. The molecule has 2 aromatic heterocycles. The predicted octanol–water partition coefficient (Wildman–Crippen LogP) is 5.08. The van der Waals surface area contributed by atoms with Crippen LogP contribution in [0.25, 0.3) is 11.2 Å². The molecule has 10 nitrogen and oxygen atoms in total. The van der Waals surface area contributed by atoms with E-state index in [9.17, 15) is 9.36 Å². The summed E-state index contributed by atoms with van der Waals surface area (Å²) < 4.78 is 27.6. The minimum absolute atomic E-state index is 0.0220. The molecule has 0 aliphatic rings. The first-order chi connectivity index (χ1) is 17.9. The van der Waals surface area contributed by atoms with Crippen molar-refractivity contribution in [3.63, 3.8) is 0 Å². The lowest BCUT2D eigenvalue weighted by molar-refractivity contribution is -0.154. The Bertz CT molecular complexity index is 1260. The number of hydrogen-bond donors (Lipinski definition) is 2. The molecule has 3 N–H and O–H groups in total. The van der Waals surface area contributed by atoms with Gasteiger partial charge >= 0.3 is 5.97 Å². The molecular weight excluding hydrogens is 503 g/mol. The van der Waals surface area contributed by atoms with Crippen molar-refractivity contribution < 1.29 is 18.8 Å². The molecule has 11 heteroatoms. The van der Waals surface area contributed by atoms with Gasteiger partial charge in [0, 0.05) is 12.2 Å². The number of carbonyl (C=O) groups excluding carboxylic acids is 1. The maximum absolute atomic E-state index is 14.3. The molecule has 0 amide bonds. The number of nitrogens with one attached hydrogen (secondary N) is 1. The van der Waals surface area contributed by atoms with Crippen molar-refractivity contribution in [3.05, 3.63) is 48.0 Å². The summed E-state index contributed by atoms with van der Waals surface area (Å²) in [5, 5.41) is 3.36. The predicted molar refractivity (Wildman–Crippen MR) is 150 cm³/mol. The molecule has 1 unspecified atom stereocenters. The standard InChI is InChI=1S/C27H41N6O4P/c1-7-13-36-26(34)27(5,6)12-14-38(35,32-21(4)22-10-8-19(2)9-11-22)18-37-20(3)15-33-17-31-23-24(28)29-16-30-25(23)33/h8-11,16-17,20-21H,7,12-15,18H2,1-6H3,(H,32,35)(H2,28,29,30)/t20-,21+,38?/m1/s1. The van der Waals surface area contributed by atoms with E-state index in [-0.39, 0.29) is 24.5 Å². The molecule has 0 saturated carbocycles. The van der Waals surface area contributed by atoms with Gasteiger partial charge in [-0.25, -0.2) is 15.0 Å². The van der Waals surface area contributed by atoms with Crippen LogP contribution in [0, 0.1) is 12.3 Å². The zero-order valence-corrected chi connectivity index (χ0v) is 24.2. The van der Waals surface area contributed by atoms with Crippen LogP contribution >= 0.6 is 7.29 Å². The normalized spacial score (nSPS) is 15.2. The van der Waals surface area contributed by atoms with E-state index in [1.165, 1.54) is 6.33 Å². The number of aromatic nitrogens is 4. The minimum atomic E-state index is -3.07. The summed E-state index contributed by atoms with van der Waals surface area (Å²) in [6.45, 7) is 12.4. The average molecular weight is 545 g/mol. The number of nitrogens with zero attached hydrogens (tertiary/aromatic N) is 4. The molecular formula is C27H41N6O4P. The quantitative estimate of drug-likeness (QED) is 0.210. The van der Waals surface area contributed by atoms with E-state index in [0.717, 1.165) is 17.5 Å². The summed E-state index contributed by atoms with van der Waals surface area (Å²) in [6, 6.07) is 7.98. The Balaban J connectivity index is 1.72. The number of rotatable bonds is 14. The molecule has 3 rings (SSSR count). The van der Waals surface area contributed by atoms with Crippen molar-refractivity contribution >= 4 is 30.2 Å². The Labute approximate surface area is 225 Å². The lowest BCUT2D eigenvalue weighted by atomic mass is 9.90. The Morgan fingerprint density at radius 2 is 1.89 bits per heavy atom. The highest BCUT2D eigenvalue weighted by Gasteiger charge is 2.34. The van der Waals surface area contributed by atoms with E-state index >= 15 is 0 Å². The van der Waals surface area contributed by atoms with Gasteiger partial charge in [0.2, 0.25) is 0 Å². The first kappa shape index (κ1) is 29.7. The van der Waals surface area contributed by atoms with Crippen LogP contribution in [0.4, 0.5) is 5.82 Å². The van der Waals surface area contributed by atoms with E-state index in [1.807, 2.05) is 70.4 Å². The second-order valence-electron chi connectivity index (χ2n) is 10.6. The minimum Gasteiger partial charge on any atom is -0.465 e. The third kappa shape index (κ3) is 7.85. The molecule has 38 heavy (non-hydrogen) atoms. The zero-order chi connectivity index (χ0) is 27.9. The van der Waals surface area contributed by atoms with Gasteiger partial charge in [0.15, 0.2) is 18.8 Å². The molecule has 2 heterocycles. The number of nitrogens with two attached hydrogens (primary N) is 1. The van der Waals surface area contributed by atoms with Gasteiger partial charge in [-0.15, -0.1) is 0 Å². The Hall–Kier alpha value is -2.81. The Morgan fingerprint density at radius 1 is 1.18 bits per heavy atom. The third-order valence-electron chi connectivity index (χ3n) is 6.55. The highest BCUT2D eigenvalue weighted by molar-refractivity contribution is 7.61. The molecule has 0 radical (unpaired) electrons. The molecule has 0 saturated heterocycles. The van der Waals surface area contributed by atoms with Gasteiger partial charge in [0.25, 0.3) is 0 Å². The summed E-state index contributed by atoms with van der Waals surface area (Å²) >= 11 is 0. The van der Waals surface area contributed by atoms with Gasteiger partial charge in [-0.1, -0.05) is 36.8 Å². The summed E-state index contributed by atoms with van der Waals surface area (Å²) in [5.41, 5.74) is 8.49. The van der Waals surface area contributed by atoms with Crippen molar-refractivity contribution in [2.75, 3.05) is 24.9 Å². The average Bonchev–Trinajstić information content (AvgIpc) is 3.29. The fourth-order valence-corrected chi connectivity index (χ4v) is 6.61. The first-order valence-corrected chi connectivity index (χ1v) is 15.1. The number of hydrogen-bond acceptors (Lipinski definition) is 8. The van der Waals surface area contributed by atoms with Crippen LogP contribution in [-0.2, 0) is 25.4 Å². The molecule has 1 aromatic carbocycles. The van der Waals surface area contributed by atoms with Crippen LogP contribution in [0.5, 0.6) is 0 Å². The number of ether oxygens (including phenoxy) is 2. The summed E-state index contributed by atoms with van der Waals surface area (Å²) in [7, 11) is -3.07. The van der Waals surface area contributed by atoms with E-state index < -0.39 is 12.7 Å². The molecule has 208 valence electrons. The maximum Gasteiger partial charge on any atom is 0.311 e.